The predicted octanol–water partition coefficient (Wildman–Crippen LogP) is 3.42. The fourth-order valence-electron chi connectivity index (χ4n) is 2.56. The van der Waals surface area contributed by atoms with Crippen LogP contribution in [0.5, 0.6) is 0 Å². The number of rotatable bonds is 6. The van der Waals surface area contributed by atoms with Gasteiger partial charge in [-0.2, -0.15) is 11.8 Å². The van der Waals surface area contributed by atoms with E-state index in [1.807, 2.05) is 11.8 Å². The van der Waals surface area contributed by atoms with Crippen LogP contribution in [0.25, 0.3) is 0 Å². The van der Waals surface area contributed by atoms with Gasteiger partial charge < -0.3 is 10.1 Å². The maximum atomic E-state index is 5.94. The van der Waals surface area contributed by atoms with E-state index in [-0.39, 0.29) is 0 Å². The topological polar surface area (TPSA) is 21.3 Å². The molecule has 2 nitrogen and oxygen atoms in total. The van der Waals surface area contributed by atoms with Gasteiger partial charge >= 0.3 is 0 Å². The quantitative estimate of drug-likeness (QED) is 0.862. The number of nitrogens with one attached hydrogen (secondary N) is 1. The van der Waals surface area contributed by atoms with Crippen LogP contribution < -0.4 is 5.32 Å². The van der Waals surface area contributed by atoms with Gasteiger partial charge in [0.15, 0.2) is 0 Å². The SMILES string of the molecule is CCCc1ccc(C(NCC)C2CSCCO2)cc1. The van der Waals surface area contributed by atoms with Crippen molar-refractivity contribution in [3.8, 4) is 0 Å². The number of likely N-dealkylation sites (N-methyl/N-ethyl adjacent to an activating group) is 1. The van der Waals surface area contributed by atoms with Crippen molar-refractivity contribution < 1.29 is 4.74 Å². The highest BCUT2D eigenvalue weighted by atomic mass is 32.2. The third-order valence-electron chi connectivity index (χ3n) is 3.52. The Labute approximate surface area is 121 Å². The van der Waals surface area contributed by atoms with E-state index in [1.165, 1.54) is 24.0 Å². The minimum atomic E-state index is 0.302. The summed E-state index contributed by atoms with van der Waals surface area (Å²) in [5.74, 6) is 2.22. The first-order valence-corrected chi connectivity index (χ1v) is 8.52. The summed E-state index contributed by atoms with van der Waals surface area (Å²) in [6.45, 7) is 6.24. The zero-order valence-corrected chi connectivity index (χ0v) is 12.8. The summed E-state index contributed by atoms with van der Waals surface area (Å²) in [4.78, 5) is 0. The lowest BCUT2D eigenvalue weighted by molar-refractivity contribution is 0.0472. The number of hydrogen-bond donors (Lipinski definition) is 1. The number of thioether (sulfide) groups is 1. The Morgan fingerprint density at radius 3 is 2.68 bits per heavy atom. The predicted molar refractivity (Wildman–Crippen MR) is 83.9 cm³/mol. The van der Waals surface area contributed by atoms with Crippen molar-refractivity contribution in [2.24, 2.45) is 0 Å². The summed E-state index contributed by atoms with van der Waals surface area (Å²) in [6, 6.07) is 9.38. The second kappa shape index (κ2) is 7.93. The summed E-state index contributed by atoms with van der Waals surface area (Å²) in [5.41, 5.74) is 2.79. The Morgan fingerprint density at radius 2 is 2.11 bits per heavy atom. The maximum Gasteiger partial charge on any atom is 0.0860 e. The fourth-order valence-corrected chi connectivity index (χ4v) is 3.46. The van der Waals surface area contributed by atoms with Gasteiger partial charge in [0.2, 0.25) is 0 Å². The van der Waals surface area contributed by atoms with Gasteiger partial charge in [-0.05, 0) is 24.1 Å². The molecule has 1 saturated heterocycles. The van der Waals surface area contributed by atoms with Crippen LogP contribution in [-0.2, 0) is 11.2 Å². The van der Waals surface area contributed by atoms with E-state index in [2.05, 4.69) is 43.4 Å². The highest BCUT2D eigenvalue weighted by Gasteiger charge is 2.25. The molecule has 1 aromatic rings. The summed E-state index contributed by atoms with van der Waals surface area (Å²) < 4.78 is 5.94. The zero-order chi connectivity index (χ0) is 13.5. The van der Waals surface area contributed by atoms with Crippen LogP contribution in [0.2, 0.25) is 0 Å². The molecule has 0 radical (unpaired) electrons. The molecule has 2 rings (SSSR count). The van der Waals surface area contributed by atoms with Crippen LogP contribution in [0.15, 0.2) is 24.3 Å². The molecule has 1 aliphatic rings. The van der Waals surface area contributed by atoms with E-state index in [4.69, 9.17) is 4.74 Å². The van der Waals surface area contributed by atoms with Gasteiger partial charge in [0.25, 0.3) is 0 Å². The summed E-state index contributed by atoms with van der Waals surface area (Å²) in [6.07, 6.45) is 2.68. The van der Waals surface area contributed by atoms with Crippen LogP contribution in [0.1, 0.15) is 37.4 Å². The van der Waals surface area contributed by atoms with Gasteiger partial charge in [0, 0.05) is 11.5 Å². The molecule has 0 saturated carbocycles. The van der Waals surface area contributed by atoms with Crippen molar-refractivity contribution in [3.63, 3.8) is 0 Å². The van der Waals surface area contributed by atoms with Gasteiger partial charge in [-0.3, -0.25) is 0 Å². The Kier molecular flexibility index (Phi) is 6.21. The number of ether oxygens (including phenoxy) is 1. The number of aryl methyl sites for hydroxylation is 1. The number of benzene rings is 1. The highest BCUT2D eigenvalue weighted by Crippen LogP contribution is 2.26. The Balaban J connectivity index is 2.08. The molecule has 0 spiro atoms. The van der Waals surface area contributed by atoms with E-state index < -0.39 is 0 Å². The van der Waals surface area contributed by atoms with Crippen molar-refractivity contribution in [2.45, 2.75) is 38.8 Å². The van der Waals surface area contributed by atoms with Crippen molar-refractivity contribution in [3.05, 3.63) is 35.4 Å². The third kappa shape index (κ3) is 4.23. The molecular weight excluding hydrogens is 254 g/mol. The van der Waals surface area contributed by atoms with E-state index in [0.29, 0.717) is 12.1 Å². The van der Waals surface area contributed by atoms with Gasteiger partial charge in [-0.1, -0.05) is 44.5 Å². The van der Waals surface area contributed by atoms with Crippen molar-refractivity contribution in [1.82, 2.24) is 5.32 Å². The summed E-state index contributed by atoms with van der Waals surface area (Å²) >= 11 is 2.00. The molecule has 3 heteroatoms. The fraction of sp³-hybridized carbons (Fsp3) is 0.625. The monoisotopic (exact) mass is 279 g/mol. The second-order valence-corrected chi connectivity index (χ2v) is 6.16. The first kappa shape index (κ1) is 14.9. The minimum absolute atomic E-state index is 0.302. The first-order valence-electron chi connectivity index (χ1n) is 7.36. The lowest BCUT2D eigenvalue weighted by Gasteiger charge is -2.31. The van der Waals surface area contributed by atoms with Crippen LogP contribution >= 0.6 is 11.8 Å². The van der Waals surface area contributed by atoms with Gasteiger partial charge in [-0.15, -0.1) is 0 Å². The normalized spacial score (nSPS) is 21.3. The van der Waals surface area contributed by atoms with Crippen LogP contribution in [0.3, 0.4) is 0 Å². The molecule has 1 N–H and O–H groups in total. The zero-order valence-electron chi connectivity index (χ0n) is 12.0. The molecule has 0 aromatic heterocycles. The van der Waals surface area contributed by atoms with Crippen molar-refractivity contribution in [1.29, 1.82) is 0 Å². The van der Waals surface area contributed by atoms with E-state index in [9.17, 15) is 0 Å². The van der Waals surface area contributed by atoms with Gasteiger partial charge in [-0.25, -0.2) is 0 Å². The average Bonchev–Trinajstić information content (AvgIpc) is 2.47. The molecule has 2 unspecified atom stereocenters. The molecule has 1 fully saturated rings. The molecule has 2 atom stereocenters. The molecule has 1 aliphatic heterocycles. The molecule has 0 bridgehead atoms. The molecule has 0 aliphatic carbocycles. The molecular formula is C16H25NOS. The van der Waals surface area contributed by atoms with E-state index in [0.717, 1.165) is 24.7 Å². The van der Waals surface area contributed by atoms with Crippen molar-refractivity contribution >= 4 is 11.8 Å². The lowest BCUT2D eigenvalue weighted by Crippen LogP contribution is -2.38. The minimum Gasteiger partial charge on any atom is -0.375 e. The third-order valence-corrected chi connectivity index (χ3v) is 4.53. The molecule has 19 heavy (non-hydrogen) atoms. The summed E-state index contributed by atoms with van der Waals surface area (Å²) in [7, 11) is 0. The first-order chi connectivity index (χ1) is 9.35. The second-order valence-electron chi connectivity index (χ2n) is 5.01. The van der Waals surface area contributed by atoms with Crippen LogP contribution in [-0.4, -0.2) is 30.8 Å². The largest absolute Gasteiger partial charge is 0.375 e. The maximum absolute atomic E-state index is 5.94. The Bertz CT molecular complexity index is 360. The van der Waals surface area contributed by atoms with Gasteiger partial charge in [0.05, 0.1) is 18.8 Å². The Hall–Kier alpha value is -0.510. The van der Waals surface area contributed by atoms with Crippen LogP contribution in [0.4, 0.5) is 0 Å². The van der Waals surface area contributed by atoms with E-state index in [1.54, 1.807) is 0 Å². The Morgan fingerprint density at radius 1 is 1.32 bits per heavy atom. The highest BCUT2D eigenvalue weighted by molar-refractivity contribution is 7.99. The van der Waals surface area contributed by atoms with Crippen LogP contribution in [0, 0.1) is 0 Å². The molecule has 1 heterocycles. The number of hydrogen-bond acceptors (Lipinski definition) is 3. The lowest BCUT2D eigenvalue weighted by atomic mass is 9.99. The van der Waals surface area contributed by atoms with E-state index >= 15 is 0 Å². The average molecular weight is 279 g/mol. The molecule has 1 aromatic carbocycles. The molecule has 106 valence electrons. The molecule has 0 amide bonds. The van der Waals surface area contributed by atoms with Gasteiger partial charge in [0.1, 0.15) is 0 Å². The van der Waals surface area contributed by atoms with Crippen molar-refractivity contribution in [2.75, 3.05) is 24.7 Å². The smallest absolute Gasteiger partial charge is 0.0860 e. The summed E-state index contributed by atoms with van der Waals surface area (Å²) in [5, 5.41) is 3.58. The standard InChI is InChI=1S/C16H25NOS/c1-3-5-13-6-8-14(9-7-13)16(17-4-2)15-12-19-11-10-18-15/h6-9,15-17H,3-5,10-12H2,1-2H3.